The van der Waals surface area contributed by atoms with E-state index in [1.165, 1.54) is 26.5 Å². The molecule has 8 nitrogen and oxygen atoms in total. The number of amides is 2. The van der Waals surface area contributed by atoms with E-state index in [4.69, 9.17) is 9.47 Å². The molecule has 9 heteroatoms. The number of halogens is 1. The van der Waals surface area contributed by atoms with E-state index >= 15 is 0 Å². The fourth-order valence-electron chi connectivity index (χ4n) is 1.95. The Labute approximate surface area is 182 Å². The molecule has 2 aromatic rings. The molecule has 31 heavy (non-hydrogen) atoms. The zero-order valence-corrected chi connectivity index (χ0v) is 19.3. The van der Waals surface area contributed by atoms with E-state index in [9.17, 15) is 14.0 Å². The largest absolute Gasteiger partial charge is 0.480 e. The first-order chi connectivity index (χ1) is 14.3. The molecule has 2 heterocycles. The van der Waals surface area contributed by atoms with Gasteiger partial charge in [-0.3, -0.25) is 9.59 Å². The molecule has 2 amide bonds. The Kier molecular flexibility index (Phi) is 8.90. The second-order valence-electron chi connectivity index (χ2n) is 8.65. The predicted octanol–water partition coefficient (Wildman–Crippen LogP) is 4.29. The zero-order valence-electron chi connectivity index (χ0n) is 19.3. The molecule has 0 saturated carbocycles. The van der Waals surface area contributed by atoms with Gasteiger partial charge in [-0.05, 0) is 18.2 Å². The fourth-order valence-corrected chi connectivity index (χ4v) is 1.95. The minimum Gasteiger partial charge on any atom is -0.480 e. The maximum Gasteiger partial charge on any atom is 0.240 e. The molecule has 2 N–H and O–H groups in total. The van der Waals surface area contributed by atoms with E-state index in [1.807, 2.05) is 20.8 Å². The summed E-state index contributed by atoms with van der Waals surface area (Å²) in [5, 5.41) is 5.24. The number of nitrogens with one attached hydrogen (secondary N) is 2. The summed E-state index contributed by atoms with van der Waals surface area (Å²) in [5.41, 5.74) is -0.460. The van der Waals surface area contributed by atoms with Crippen molar-refractivity contribution in [1.29, 1.82) is 0 Å². The molecule has 0 radical (unpaired) electrons. The third-order valence-corrected chi connectivity index (χ3v) is 3.87. The van der Waals surface area contributed by atoms with Gasteiger partial charge in [-0.2, -0.15) is 0 Å². The summed E-state index contributed by atoms with van der Waals surface area (Å²) in [5.74, 6) is -0.427. The van der Waals surface area contributed by atoms with Crippen molar-refractivity contribution in [1.82, 2.24) is 9.97 Å². The first kappa shape index (κ1) is 25.8. The summed E-state index contributed by atoms with van der Waals surface area (Å²) in [4.78, 5) is 31.2. The average Bonchev–Trinajstić information content (AvgIpc) is 2.68. The van der Waals surface area contributed by atoms with Crippen molar-refractivity contribution in [2.75, 3.05) is 24.9 Å². The van der Waals surface area contributed by atoms with Crippen molar-refractivity contribution in [2.24, 2.45) is 10.8 Å². The molecule has 0 unspecified atom stereocenters. The Morgan fingerprint density at radius 3 is 1.87 bits per heavy atom. The van der Waals surface area contributed by atoms with Crippen molar-refractivity contribution in [3.63, 3.8) is 0 Å². The summed E-state index contributed by atoms with van der Waals surface area (Å²) >= 11 is 0. The SMILES string of the molecule is COc1nccc(F)c1NC(=O)C(C)(C)C.COc1ncccc1NC(=O)C(C)(C)C. The number of aromatic nitrogens is 2. The number of methoxy groups -OCH3 is 2. The molecule has 0 fully saturated rings. The number of anilines is 2. The number of ether oxygens (including phenoxy) is 2. The predicted molar refractivity (Wildman–Crippen MR) is 118 cm³/mol. The molecule has 0 aliphatic rings. The van der Waals surface area contributed by atoms with Crippen LogP contribution >= 0.6 is 0 Å². The van der Waals surface area contributed by atoms with E-state index in [0.717, 1.165) is 0 Å². The molecule has 170 valence electrons. The van der Waals surface area contributed by atoms with Crippen molar-refractivity contribution in [3.05, 3.63) is 36.4 Å². The van der Waals surface area contributed by atoms with Crippen LogP contribution in [0.1, 0.15) is 41.5 Å². The van der Waals surface area contributed by atoms with Gasteiger partial charge in [0.15, 0.2) is 5.82 Å². The number of hydrogen-bond donors (Lipinski definition) is 2. The van der Waals surface area contributed by atoms with E-state index in [-0.39, 0.29) is 23.4 Å². The topological polar surface area (TPSA) is 102 Å². The third-order valence-electron chi connectivity index (χ3n) is 3.87. The van der Waals surface area contributed by atoms with Gasteiger partial charge in [0.25, 0.3) is 0 Å². The molecular weight excluding hydrogens is 403 g/mol. The van der Waals surface area contributed by atoms with Crippen LogP contribution in [0.15, 0.2) is 30.6 Å². The van der Waals surface area contributed by atoms with Crippen LogP contribution in [0.4, 0.5) is 15.8 Å². The first-order valence-corrected chi connectivity index (χ1v) is 9.61. The Bertz CT molecular complexity index is 905. The lowest BCUT2D eigenvalue weighted by atomic mass is 9.95. The second kappa shape index (κ2) is 10.7. The highest BCUT2D eigenvalue weighted by molar-refractivity contribution is 5.96. The van der Waals surface area contributed by atoms with Gasteiger partial charge in [-0.15, -0.1) is 0 Å². The number of hydrogen-bond acceptors (Lipinski definition) is 6. The maximum atomic E-state index is 13.5. The number of pyridine rings is 2. The van der Waals surface area contributed by atoms with Gasteiger partial charge >= 0.3 is 0 Å². The highest BCUT2D eigenvalue weighted by atomic mass is 19.1. The number of carbonyl (C=O) groups is 2. The lowest BCUT2D eigenvalue weighted by molar-refractivity contribution is -0.123. The average molecular weight is 435 g/mol. The van der Waals surface area contributed by atoms with Crippen LogP contribution in [-0.2, 0) is 9.59 Å². The molecule has 0 aromatic carbocycles. The molecular formula is C22H31FN4O4. The molecule has 2 aromatic heterocycles. The maximum absolute atomic E-state index is 13.5. The second-order valence-corrected chi connectivity index (χ2v) is 8.65. The summed E-state index contributed by atoms with van der Waals surface area (Å²) in [7, 11) is 2.89. The van der Waals surface area contributed by atoms with Crippen LogP contribution in [0.2, 0.25) is 0 Å². The lowest BCUT2D eigenvalue weighted by Crippen LogP contribution is -2.28. The molecule has 0 spiro atoms. The Hall–Kier alpha value is -3.23. The molecule has 0 atom stereocenters. The van der Waals surface area contributed by atoms with E-state index in [2.05, 4.69) is 20.6 Å². The van der Waals surface area contributed by atoms with Crippen LogP contribution in [0.25, 0.3) is 0 Å². The van der Waals surface area contributed by atoms with Crippen molar-refractivity contribution in [2.45, 2.75) is 41.5 Å². The van der Waals surface area contributed by atoms with Crippen molar-refractivity contribution in [3.8, 4) is 11.8 Å². The first-order valence-electron chi connectivity index (χ1n) is 9.61. The Balaban J connectivity index is 0.000000311. The highest BCUT2D eigenvalue weighted by Crippen LogP contribution is 2.27. The fraction of sp³-hybridized carbons (Fsp3) is 0.455. The third kappa shape index (κ3) is 7.84. The quantitative estimate of drug-likeness (QED) is 0.744. The Morgan fingerprint density at radius 2 is 1.35 bits per heavy atom. The van der Waals surface area contributed by atoms with Crippen LogP contribution in [0, 0.1) is 16.6 Å². The molecule has 0 bridgehead atoms. The van der Waals surface area contributed by atoms with Crippen LogP contribution in [0.5, 0.6) is 11.8 Å². The summed E-state index contributed by atoms with van der Waals surface area (Å²) in [6.45, 7) is 10.8. The Morgan fingerprint density at radius 1 is 0.839 bits per heavy atom. The smallest absolute Gasteiger partial charge is 0.240 e. The number of rotatable bonds is 4. The van der Waals surface area contributed by atoms with Gasteiger partial charge in [-0.1, -0.05) is 41.5 Å². The van der Waals surface area contributed by atoms with Crippen molar-refractivity contribution >= 4 is 23.2 Å². The van der Waals surface area contributed by atoms with Crippen molar-refractivity contribution < 1.29 is 23.5 Å². The molecule has 2 rings (SSSR count). The normalized spacial score (nSPS) is 11.0. The van der Waals surface area contributed by atoms with Gasteiger partial charge in [0, 0.05) is 23.2 Å². The number of nitrogens with zero attached hydrogens (tertiary/aromatic N) is 2. The van der Waals surface area contributed by atoms with Crippen LogP contribution < -0.4 is 20.1 Å². The molecule has 0 aliphatic heterocycles. The minimum absolute atomic E-state index is 0.0232. The van der Waals surface area contributed by atoms with Gasteiger partial charge in [-0.25, -0.2) is 14.4 Å². The summed E-state index contributed by atoms with van der Waals surface area (Å²) < 4.78 is 23.4. The summed E-state index contributed by atoms with van der Waals surface area (Å²) in [6.07, 6.45) is 2.90. The molecule has 0 saturated heterocycles. The lowest BCUT2D eigenvalue weighted by Gasteiger charge is -2.18. The van der Waals surface area contributed by atoms with Crippen LogP contribution in [-0.4, -0.2) is 36.0 Å². The van der Waals surface area contributed by atoms with Gasteiger partial charge in [0.05, 0.1) is 14.2 Å². The van der Waals surface area contributed by atoms with Crippen LogP contribution in [0.3, 0.4) is 0 Å². The van der Waals surface area contributed by atoms with E-state index < -0.39 is 16.6 Å². The van der Waals surface area contributed by atoms with E-state index in [0.29, 0.717) is 11.6 Å². The van der Waals surface area contributed by atoms with Gasteiger partial charge < -0.3 is 20.1 Å². The van der Waals surface area contributed by atoms with Gasteiger partial charge in [0.1, 0.15) is 11.4 Å². The standard InChI is InChI=1S/C11H15FN2O2.C11H16N2O2/c1-11(2,3)10(15)14-8-7(12)5-6-13-9(8)16-4;1-11(2,3)10(14)13-8-6-5-7-12-9(8)15-4/h5-6H,1-4H3,(H,14,15);5-7H,1-4H3,(H,13,14). The minimum atomic E-state index is -0.604. The highest BCUT2D eigenvalue weighted by Gasteiger charge is 2.24. The number of carbonyl (C=O) groups excluding carboxylic acids is 2. The monoisotopic (exact) mass is 434 g/mol. The molecule has 0 aliphatic carbocycles. The van der Waals surface area contributed by atoms with Gasteiger partial charge in [0.2, 0.25) is 23.6 Å². The zero-order chi connectivity index (χ0) is 23.8. The summed E-state index contributed by atoms with van der Waals surface area (Å²) in [6, 6.07) is 4.68. The van der Waals surface area contributed by atoms with E-state index in [1.54, 1.807) is 39.1 Å².